The van der Waals surface area contributed by atoms with Gasteiger partial charge in [-0.25, -0.2) is 0 Å². The molecule has 0 heterocycles. The zero-order valence-electron chi connectivity index (χ0n) is 16.9. The summed E-state index contributed by atoms with van der Waals surface area (Å²) in [5.41, 5.74) is 4.85. The molecular weight excluding hydrogens is 358 g/mol. The molecule has 3 nitrogen and oxygen atoms in total. The van der Waals surface area contributed by atoms with Gasteiger partial charge in [0.05, 0.1) is 7.11 Å². The number of amides is 1. The molecule has 0 aromatic heterocycles. The van der Waals surface area contributed by atoms with E-state index in [9.17, 15) is 4.79 Å². The normalized spacial score (nSPS) is 14.2. The monoisotopic (exact) mass is 385 g/mol. The Hall–Kier alpha value is -3.07. The van der Waals surface area contributed by atoms with Crippen molar-refractivity contribution in [3.8, 4) is 16.9 Å². The smallest absolute Gasteiger partial charge is 0.220 e. The highest BCUT2D eigenvalue weighted by molar-refractivity contribution is 5.76. The van der Waals surface area contributed by atoms with Crippen molar-refractivity contribution in [1.82, 2.24) is 5.32 Å². The molecule has 3 aromatic rings. The minimum absolute atomic E-state index is 0.0989. The Morgan fingerprint density at radius 2 is 1.62 bits per heavy atom. The first kappa shape index (κ1) is 19.3. The quantitative estimate of drug-likeness (QED) is 0.583. The number of para-hydroxylation sites is 1. The lowest BCUT2D eigenvalue weighted by molar-refractivity contribution is -0.121. The molecule has 0 unspecified atom stereocenters. The minimum Gasteiger partial charge on any atom is -0.496 e. The summed E-state index contributed by atoms with van der Waals surface area (Å²) >= 11 is 0. The second kappa shape index (κ2) is 8.52. The van der Waals surface area contributed by atoms with Crippen LogP contribution < -0.4 is 10.1 Å². The van der Waals surface area contributed by atoms with E-state index in [2.05, 4.69) is 47.8 Å². The van der Waals surface area contributed by atoms with Gasteiger partial charge in [0.15, 0.2) is 0 Å². The van der Waals surface area contributed by atoms with Crippen LogP contribution in [0.4, 0.5) is 0 Å². The fourth-order valence-corrected chi connectivity index (χ4v) is 3.86. The number of carbonyl (C=O) groups is 1. The summed E-state index contributed by atoms with van der Waals surface area (Å²) in [6, 6.07) is 26.9. The summed E-state index contributed by atoms with van der Waals surface area (Å²) in [7, 11) is 1.70. The van der Waals surface area contributed by atoms with Gasteiger partial charge >= 0.3 is 0 Å². The molecule has 29 heavy (non-hydrogen) atoms. The number of carbonyl (C=O) groups excluding carboxylic acids is 1. The van der Waals surface area contributed by atoms with Gasteiger partial charge in [-0.2, -0.15) is 0 Å². The van der Waals surface area contributed by atoms with Gasteiger partial charge in [-0.15, -0.1) is 0 Å². The van der Waals surface area contributed by atoms with Crippen LogP contribution in [0, 0.1) is 0 Å². The lowest BCUT2D eigenvalue weighted by Gasteiger charge is -2.17. The summed E-state index contributed by atoms with van der Waals surface area (Å²) in [5.74, 6) is 1.01. The summed E-state index contributed by atoms with van der Waals surface area (Å²) in [6.45, 7) is 0.717. The molecule has 0 bridgehead atoms. The van der Waals surface area contributed by atoms with Gasteiger partial charge in [0, 0.05) is 23.9 Å². The van der Waals surface area contributed by atoms with E-state index in [0.29, 0.717) is 13.0 Å². The van der Waals surface area contributed by atoms with Crippen LogP contribution in [0.2, 0.25) is 0 Å². The van der Waals surface area contributed by atoms with E-state index < -0.39 is 0 Å². The lowest BCUT2D eigenvalue weighted by atomic mass is 9.93. The van der Waals surface area contributed by atoms with Crippen LogP contribution in [0.1, 0.15) is 30.4 Å². The Labute approximate surface area is 172 Å². The predicted octanol–water partition coefficient (Wildman–Crippen LogP) is 5.14. The Morgan fingerprint density at radius 1 is 0.931 bits per heavy atom. The molecule has 1 amide bonds. The SMILES string of the molecule is COc1ccccc1-c1ccc(C2(CNC(=O)CCc3ccccc3)CC2)cc1. The van der Waals surface area contributed by atoms with Crippen LogP contribution in [0.25, 0.3) is 11.1 Å². The molecule has 3 aromatic carbocycles. The first-order valence-electron chi connectivity index (χ1n) is 10.2. The number of hydrogen-bond donors (Lipinski definition) is 1. The van der Waals surface area contributed by atoms with Gasteiger partial charge in [0.25, 0.3) is 0 Å². The van der Waals surface area contributed by atoms with Gasteiger partial charge in [-0.05, 0) is 42.0 Å². The second-order valence-corrected chi connectivity index (χ2v) is 7.82. The molecular formula is C26H27NO2. The molecule has 0 saturated heterocycles. The maximum atomic E-state index is 12.3. The molecule has 1 aliphatic carbocycles. The number of nitrogens with one attached hydrogen (secondary N) is 1. The maximum absolute atomic E-state index is 12.3. The molecule has 3 heteroatoms. The Morgan fingerprint density at radius 3 is 2.31 bits per heavy atom. The van der Waals surface area contributed by atoms with E-state index in [4.69, 9.17) is 4.74 Å². The molecule has 0 aliphatic heterocycles. The van der Waals surface area contributed by atoms with E-state index in [1.54, 1.807) is 7.11 Å². The standard InChI is InChI=1S/C26H27NO2/c1-29-24-10-6-5-9-23(24)21-12-14-22(15-13-21)26(17-18-26)19-27-25(28)16-11-20-7-3-2-4-8-20/h2-10,12-15H,11,16-19H2,1H3,(H,27,28). The third-order valence-electron chi connectivity index (χ3n) is 5.88. The van der Waals surface area contributed by atoms with Gasteiger partial charge in [-0.3, -0.25) is 4.79 Å². The van der Waals surface area contributed by atoms with Crippen molar-refractivity contribution in [2.45, 2.75) is 31.1 Å². The molecule has 1 N–H and O–H groups in total. The predicted molar refractivity (Wildman–Crippen MR) is 117 cm³/mol. The topological polar surface area (TPSA) is 38.3 Å². The van der Waals surface area contributed by atoms with E-state index in [1.165, 1.54) is 11.1 Å². The first-order chi connectivity index (χ1) is 14.2. The number of benzene rings is 3. The molecule has 0 spiro atoms. The van der Waals surface area contributed by atoms with Crippen molar-refractivity contribution in [3.63, 3.8) is 0 Å². The number of rotatable bonds is 8. The summed E-state index contributed by atoms with van der Waals surface area (Å²) < 4.78 is 5.48. The molecule has 0 atom stereocenters. The first-order valence-corrected chi connectivity index (χ1v) is 10.2. The van der Waals surface area contributed by atoms with Gasteiger partial charge in [0.1, 0.15) is 5.75 Å². The summed E-state index contributed by atoms with van der Waals surface area (Å²) in [5, 5.41) is 3.16. The number of hydrogen-bond acceptors (Lipinski definition) is 2. The zero-order valence-corrected chi connectivity index (χ0v) is 16.9. The van der Waals surface area contributed by atoms with Gasteiger partial charge < -0.3 is 10.1 Å². The van der Waals surface area contributed by atoms with Crippen LogP contribution >= 0.6 is 0 Å². The molecule has 1 saturated carbocycles. The summed E-state index contributed by atoms with van der Waals surface area (Å²) in [6.07, 6.45) is 3.57. The highest BCUT2D eigenvalue weighted by Gasteiger charge is 2.44. The van der Waals surface area contributed by atoms with Crippen molar-refractivity contribution in [3.05, 3.63) is 90.0 Å². The van der Waals surface area contributed by atoms with Gasteiger partial charge in [-0.1, -0.05) is 72.8 Å². The highest BCUT2D eigenvalue weighted by atomic mass is 16.5. The lowest BCUT2D eigenvalue weighted by Crippen LogP contribution is -2.32. The van der Waals surface area contributed by atoms with Crippen LogP contribution in [0.5, 0.6) is 5.75 Å². The average molecular weight is 386 g/mol. The van der Waals surface area contributed by atoms with Crippen molar-refractivity contribution in [2.75, 3.05) is 13.7 Å². The number of aryl methyl sites for hydroxylation is 1. The van der Waals surface area contributed by atoms with E-state index in [1.807, 2.05) is 36.4 Å². The van der Waals surface area contributed by atoms with E-state index >= 15 is 0 Å². The molecule has 1 aliphatic rings. The second-order valence-electron chi connectivity index (χ2n) is 7.82. The zero-order chi connectivity index (χ0) is 20.1. The largest absolute Gasteiger partial charge is 0.496 e. The average Bonchev–Trinajstić information content (AvgIpc) is 3.58. The molecule has 4 rings (SSSR count). The maximum Gasteiger partial charge on any atom is 0.220 e. The third kappa shape index (κ3) is 4.51. The van der Waals surface area contributed by atoms with E-state index in [-0.39, 0.29) is 11.3 Å². The number of ether oxygens (including phenoxy) is 1. The van der Waals surface area contributed by atoms with Crippen molar-refractivity contribution < 1.29 is 9.53 Å². The number of methoxy groups -OCH3 is 1. The fraction of sp³-hybridized carbons (Fsp3) is 0.269. The minimum atomic E-state index is 0.0989. The molecule has 1 fully saturated rings. The highest BCUT2D eigenvalue weighted by Crippen LogP contribution is 2.48. The Kier molecular flexibility index (Phi) is 5.66. The van der Waals surface area contributed by atoms with Crippen LogP contribution in [-0.4, -0.2) is 19.6 Å². The van der Waals surface area contributed by atoms with Crippen molar-refractivity contribution in [1.29, 1.82) is 0 Å². The fourth-order valence-electron chi connectivity index (χ4n) is 3.86. The van der Waals surface area contributed by atoms with E-state index in [0.717, 1.165) is 36.1 Å². The van der Waals surface area contributed by atoms with Crippen molar-refractivity contribution >= 4 is 5.91 Å². The molecule has 0 radical (unpaired) electrons. The Balaban J connectivity index is 1.36. The van der Waals surface area contributed by atoms with Gasteiger partial charge in [0.2, 0.25) is 5.91 Å². The van der Waals surface area contributed by atoms with Crippen LogP contribution in [0.15, 0.2) is 78.9 Å². The van der Waals surface area contributed by atoms with Crippen LogP contribution in [-0.2, 0) is 16.6 Å². The summed E-state index contributed by atoms with van der Waals surface area (Å²) in [4.78, 5) is 12.3. The Bertz CT molecular complexity index is 960. The third-order valence-corrected chi connectivity index (χ3v) is 5.88. The van der Waals surface area contributed by atoms with Crippen molar-refractivity contribution in [2.24, 2.45) is 0 Å². The molecule has 148 valence electrons. The van der Waals surface area contributed by atoms with Crippen LogP contribution in [0.3, 0.4) is 0 Å².